The van der Waals surface area contributed by atoms with Gasteiger partial charge < -0.3 is 9.64 Å². The van der Waals surface area contributed by atoms with Crippen LogP contribution in [0, 0.1) is 11.7 Å². The first-order valence-corrected chi connectivity index (χ1v) is 13.5. The summed E-state index contributed by atoms with van der Waals surface area (Å²) in [6, 6.07) is 13.3. The fourth-order valence-electron chi connectivity index (χ4n) is 4.54. The van der Waals surface area contributed by atoms with E-state index in [0.717, 1.165) is 54.7 Å². The summed E-state index contributed by atoms with van der Waals surface area (Å²) in [7, 11) is 0. The molecular weight excluding hydrogens is 447 g/mol. The largest absolute Gasteiger partial charge is 0.490 e. The Morgan fingerprint density at radius 3 is 2.68 bits per heavy atom. The molecule has 2 aliphatic carbocycles. The van der Waals surface area contributed by atoms with E-state index in [1.807, 2.05) is 35.2 Å². The Labute approximate surface area is 206 Å². The zero-order chi connectivity index (χ0) is 23.5. The minimum absolute atomic E-state index is 0.0958. The molecule has 5 rings (SSSR count). The van der Waals surface area contributed by atoms with Crippen LogP contribution in [-0.2, 0) is 0 Å². The number of rotatable bonds is 11. The van der Waals surface area contributed by atoms with Gasteiger partial charge in [-0.3, -0.25) is 9.52 Å². The number of carbonyl (C=O) groups is 1. The molecule has 0 spiro atoms. The van der Waals surface area contributed by atoms with Gasteiger partial charge in [0.1, 0.15) is 0 Å². The maximum Gasteiger partial charge on any atom is 0.258 e. The average Bonchev–Trinajstić information content (AvgIpc) is 3.60. The summed E-state index contributed by atoms with van der Waals surface area (Å²) < 4.78 is 23.2. The standard InChI is InChI=1S/C28H33FN2O2S/c1-19(22-13-14-25(29)26(17-22)33-18-20-11-12-20)30-34-16-5-4-15-31-27(21-7-6-8-21)23-9-2-3-10-24(23)28(31)32/h2-3,9-10,13-14,17,19-20,30H,4-8,11-12,15-16,18H2,1H3. The molecule has 6 heteroatoms. The molecular formula is C28H33FN2O2S. The van der Waals surface area contributed by atoms with E-state index in [1.165, 1.54) is 36.6 Å². The van der Waals surface area contributed by atoms with Crippen LogP contribution in [0.1, 0.15) is 79.4 Å². The van der Waals surface area contributed by atoms with E-state index < -0.39 is 0 Å². The summed E-state index contributed by atoms with van der Waals surface area (Å²) in [4.78, 5) is 15.0. The van der Waals surface area contributed by atoms with Gasteiger partial charge in [0.05, 0.1) is 12.3 Å². The Balaban J connectivity index is 1.08. The molecule has 2 aromatic carbocycles. The van der Waals surface area contributed by atoms with Crippen LogP contribution in [0.5, 0.6) is 5.75 Å². The fraction of sp³-hybridized carbons (Fsp3) is 0.464. The molecule has 1 heterocycles. The molecule has 3 aliphatic rings. The van der Waals surface area contributed by atoms with E-state index in [9.17, 15) is 9.18 Å². The van der Waals surface area contributed by atoms with Crippen LogP contribution in [0.15, 0.2) is 48.0 Å². The zero-order valence-corrected chi connectivity index (χ0v) is 20.6. The second kappa shape index (κ2) is 10.5. The monoisotopic (exact) mass is 480 g/mol. The number of halogens is 1. The third-order valence-corrected chi connectivity index (χ3v) is 8.00. The minimum Gasteiger partial charge on any atom is -0.490 e. The lowest BCUT2D eigenvalue weighted by Crippen LogP contribution is -2.26. The van der Waals surface area contributed by atoms with Gasteiger partial charge in [-0.15, -0.1) is 0 Å². The number of benzene rings is 2. The van der Waals surface area contributed by atoms with Crippen molar-refractivity contribution in [3.05, 3.63) is 70.5 Å². The van der Waals surface area contributed by atoms with Crippen molar-refractivity contribution in [1.29, 1.82) is 0 Å². The zero-order valence-electron chi connectivity index (χ0n) is 19.8. The molecule has 0 radical (unpaired) electrons. The first-order chi connectivity index (χ1) is 16.6. The summed E-state index contributed by atoms with van der Waals surface area (Å²) in [5.74, 6) is 1.77. The molecule has 4 nitrogen and oxygen atoms in total. The van der Waals surface area contributed by atoms with Gasteiger partial charge in [-0.1, -0.05) is 36.2 Å². The molecule has 2 saturated carbocycles. The Morgan fingerprint density at radius 2 is 1.94 bits per heavy atom. The van der Waals surface area contributed by atoms with Crippen LogP contribution in [0.2, 0.25) is 0 Å². The lowest BCUT2D eigenvalue weighted by atomic mass is 9.88. The topological polar surface area (TPSA) is 41.6 Å². The smallest absolute Gasteiger partial charge is 0.258 e. The number of nitrogens with one attached hydrogen (secondary N) is 1. The van der Waals surface area contributed by atoms with Crippen LogP contribution in [-0.4, -0.2) is 29.7 Å². The summed E-state index contributed by atoms with van der Waals surface area (Å²) in [5.41, 5.74) is 5.61. The normalized spacial score (nSPS) is 18.2. The minimum atomic E-state index is -0.292. The number of hydrogen-bond acceptors (Lipinski definition) is 4. The van der Waals surface area contributed by atoms with Gasteiger partial charge in [0.25, 0.3) is 5.91 Å². The number of unbranched alkanes of at least 4 members (excludes halogenated alkanes) is 1. The first-order valence-electron chi connectivity index (χ1n) is 12.5. The highest BCUT2D eigenvalue weighted by molar-refractivity contribution is 7.97. The third-order valence-electron chi connectivity index (χ3n) is 6.98. The molecule has 0 bridgehead atoms. The molecule has 1 atom stereocenters. The summed E-state index contributed by atoms with van der Waals surface area (Å²) in [6.07, 6.45) is 7.82. The summed E-state index contributed by atoms with van der Waals surface area (Å²) in [5, 5.41) is 0. The van der Waals surface area contributed by atoms with E-state index >= 15 is 0 Å². The lowest BCUT2D eigenvalue weighted by molar-refractivity contribution is 0.0847. The van der Waals surface area contributed by atoms with Crippen LogP contribution >= 0.6 is 11.9 Å². The van der Waals surface area contributed by atoms with Gasteiger partial charge in [-0.05, 0) is 87.1 Å². The van der Waals surface area contributed by atoms with Crippen molar-refractivity contribution in [2.24, 2.45) is 5.92 Å². The predicted octanol–water partition coefficient (Wildman–Crippen LogP) is 6.74. The van der Waals surface area contributed by atoms with E-state index in [2.05, 4.69) is 17.7 Å². The highest BCUT2D eigenvalue weighted by Crippen LogP contribution is 2.41. The molecule has 180 valence electrons. The van der Waals surface area contributed by atoms with Crippen molar-refractivity contribution >= 4 is 23.6 Å². The van der Waals surface area contributed by atoms with Crippen LogP contribution in [0.25, 0.3) is 5.70 Å². The number of fused-ring (bicyclic) bond motifs is 1. The number of allylic oxidation sites excluding steroid dienone is 1. The Hall–Kier alpha value is -2.31. The lowest BCUT2D eigenvalue weighted by Gasteiger charge is -2.26. The van der Waals surface area contributed by atoms with Gasteiger partial charge in [0.2, 0.25) is 0 Å². The highest BCUT2D eigenvalue weighted by Gasteiger charge is 2.34. The van der Waals surface area contributed by atoms with Crippen molar-refractivity contribution in [1.82, 2.24) is 9.62 Å². The maximum absolute atomic E-state index is 14.1. The summed E-state index contributed by atoms with van der Waals surface area (Å²) >= 11 is 1.69. The first kappa shape index (κ1) is 23.4. The maximum atomic E-state index is 14.1. The van der Waals surface area contributed by atoms with Crippen molar-refractivity contribution in [3.8, 4) is 5.75 Å². The quantitative estimate of drug-likeness (QED) is 0.285. The average molecular weight is 481 g/mol. The van der Waals surface area contributed by atoms with Gasteiger partial charge in [0.15, 0.2) is 11.6 Å². The van der Waals surface area contributed by atoms with E-state index in [0.29, 0.717) is 18.3 Å². The Bertz CT molecular complexity index is 1080. The van der Waals surface area contributed by atoms with E-state index in [1.54, 1.807) is 11.9 Å². The van der Waals surface area contributed by atoms with Crippen LogP contribution in [0.3, 0.4) is 0 Å². The molecule has 1 aliphatic heterocycles. The molecule has 1 amide bonds. The highest BCUT2D eigenvalue weighted by atomic mass is 32.2. The number of hydrogen-bond donors (Lipinski definition) is 1. The summed E-state index contributed by atoms with van der Waals surface area (Å²) in [6.45, 7) is 3.46. The molecule has 2 fully saturated rings. The molecule has 1 N–H and O–H groups in total. The second-order valence-corrected chi connectivity index (χ2v) is 10.6. The second-order valence-electron chi connectivity index (χ2n) is 9.65. The van der Waals surface area contributed by atoms with Gasteiger partial charge in [-0.25, -0.2) is 4.39 Å². The number of nitrogens with zero attached hydrogens (tertiary/aromatic N) is 1. The number of amides is 1. The van der Waals surface area contributed by atoms with E-state index in [4.69, 9.17) is 4.74 Å². The molecule has 0 saturated heterocycles. The predicted molar refractivity (Wildman–Crippen MR) is 136 cm³/mol. The SMILES string of the molecule is CC(NSCCCCN1C(=O)c2ccccc2C1=C1CCC1)c1ccc(F)c(OCC2CC2)c1. The van der Waals surface area contributed by atoms with Crippen molar-refractivity contribution in [2.45, 2.75) is 57.9 Å². The van der Waals surface area contributed by atoms with Crippen LogP contribution < -0.4 is 9.46 Å². The van der Waals surface area contributed by atoms with Crippen molar-refractivity contribution in [3.63, 3.8) is 0 Å². The Morgan fingerprint density at radius 1 is 1.15 bits per heavy atom. The molecule has 34 heavy (non-hydrogen) atoms. The number of ether oxygens (including phenoxy) is 1. The molecule has 1 unspecified atom stereocenters. The molecule has 0 aromatic heterocycles. The molecule has 2 aromatic rings. The van der Waals surface area contributed by atoms with Gasteiger partial charge >= 0.3 is 0 Å². The number of carbonyl (C=O) groups excluding carboxylic acids is 1. The van der Waals surface area contributed by atoms with Gasteiger partial charge in [-0.2, -0.15) is 0 Å². The Kier molecular flexibility index (Phi) is 7.26. The van der Waals surface area contributed by atoms with Gasteiger partial charge in [0, 0.05) is 29.5 Å². The van der Waals surface area contributed by atoms with Crippen LogP contribution in [0.4, 0.5) is 4.39 Å². The van der Waals surface area contributed by atoms with Crippen molar-refractivity contribution in [2.75, 3.05) is 18.9 Å². The third kappa shape index (κ3) is 5.18. The fourth-order valence-corrected chi connectivity index (χ4v) is 5.39. The van der Waals surface area contributed by atoms with Crippen molar-refractivity contribution < 1.29 is 13.9 Å². The van der Waals surface area contributed by atoms with E-state index in [-0.39, 0.29) is 17.8 Å².